The van der Waals surface area contributed by atoms with Crippen LogP contribution in [0, 0.1) is 0 Å². The summed E-state index contributed by atoms with van der Waals surface area (Å²) in [5, 5.41) is 3.55. The first-order chi connectivity index (χ1) is 8.55. The average molecular weight is 248 g/mol. The third-order valence-corrected chi connectivity index (χ3v) is 3.87. The average Bonchev–Trinajstić information content (AvgIpc) is 2.93. The Morgan fingerprint density at radius 3 is 2.78 bits per heavy atom. The molecule has 1 fully saturated rings. The van der Waals surface area contributed by atoms with Crippen LogP contribution in [0.25, 0.3) is 0 Å². The Balaban J connectivity index is 1.78. The van der Waals surface area contributed by atoms with Crippen LogP contribution >= 0.6 is 0 Å². The molecule has 18 heavy (non-hydrogen) atoms. The summed E-state index contributed by atoms with van der Waals surface area (Å²) >= 11 is 0. The molecule has 1 saturated heterocycles. The van der Waals surface area contributed by atoms with Gasteiger partial charge in [-0.05, 0) is 32.4 Å². The first kappa shape index (κ1) is 11.7. The molecule has 0 aromatic heterocycles. The first-order valence-electron chi connectivity index (χ1n) is 6.43. The molecule has 0 saturated carbocycles. The number of ether oxygens (including phenoxy) is 2. The lowest BCUT2D eigenvalue weighted by Gasteiger charge is -2.27. The van der Waals surface area contributed by atoms with Crippen molar-refractivity contribution in [2.24, 2.45) is 0 Å². The lowest BCUT2D eigenvalue weighted by molar-refractivity contribution is 0.174. The number of fused-ring (bicyclic) bond motifs is 1. The highest BCUT2D eigenvalue weighted by atomic mass is 16.7. The van der Waals surface area contributed by atoms with E-state index in [9.17, 15) is 0 Å². The van der Waals surface area contributed by atoms with E-state index >= 15 is 0 Å². The molecule has 3 rings (SSSR count). The highest BCUT2D eigenvalue weighted by Gasteiger charge is 2.32. The van der Waals surface area contributed by atoms with E-state index < -0.39 is 0 Å². The molecular weight excluding hydrogens is 228 g/mol. The molecule has 98 valence electrons. The quantitative estimate of drug-likeness (QED) is 0.868. The van der Waals surface area contributed by atoms with Crippen LogP contribution < -0.4 is 19.7 Å². The highest BCUT2D eigenvalue weighted by Crippen LogP contribution is 2.36. The zero-order chi connectivity index (χ0) is 12.8. The van der Waals surface area contributed by atoms with E-state index in [1.165, 1.54) is 5.69 Å². The van der Waals surface area contributed by atoms with Gasteiger partial charge in [-0.15, -0.1) is 0 Å². The second kappa shape index (κ2) is 4.05. The topological polar surface area (TPSA) is 33.7 Å². The van der Waals surface area contributed by atoms with Gasteiger partial charge >= 0.3 is 0 Å². The van der Waals surface area contributed by atoms with Crippen molar-refractivity contribution in [3.05, 3.63) is 18.2 Å². The van der Waals surface area contributed by atoms with E-state index in [-0.39, 0.29) is 5.54 Å². The molecule has 1 atom stereocenters. The molecule has 0 radical (unpaired) electrons. The van der Waals surface area contributed by atoms with Gasteiger partial charge in [0.25, 0.3) is 0 Å². The minimum Gasteiger partial charge on any atom is -0.454 e. The van der Waals surface area contributed by atoms with Gasteiger partial charge in [0, 0.05) is 36.9 Å². The van der Waals surface area contributed by atoms with Crippen LogP contribution in [-0.2, 0) is 0 Å². The zero-order valence-electron chi connectivity index (χ0n) is 11.2. The van der Waals surface area contributed by atoms with Crippen LogP contribution in [0.15, 0.2) is 18.2 Å². The number of nitrogens with one attached hydrogen (secondary N) is 1. The van der Waals surface area contributed by atoms with Gasteiger partial charge < -0.3 is 19.7 Å². The predicted octanol–water partition coefficient (Wildman–Crippen LogP) is 1.99. The Kier molecular flexibility index (Phi) is 2.63. The fourth-order valence-electron chi connectivity index (χ4n) is 2.72. The summed E-state index contributed by atoms with van der Waals surface area (Å²) in [6.45, 7) is 5.86. The lowest BCUT2D eigenvalue weighted by Crippen LogP contribution is -2.33. The zero-order valence-corrected chi connectivity index (χ0v) is 11.2. The van der Waals surface area contributed by atoms with Crippen LogP contribution in [0.2, 0.25) is 0 Å². The van der Waals surface area contributed by atoms with E-state index in [1.54, 1.807) is 0 Å². The maximum absolute atomic E-state index is 5.43. The first-order valence-corrected chi connectivity index (χ1v) is 6.43. The van der Waals surface area contributed by atoms with E-state index in [1.807, 2.05) is 6.07 Å². The summed E-state index contributed by atoms with van der Waals surface area (Å²) in [7, 11) is 2.14. The van der Waals surface area contributed by atoms with Crippen LogP contribution in [-0.4, -0.2) is 32.0 Å². The van der Waals surface area contributed by atoms with Crippen molar-refractivity contribution >= 4 is 5.69 Å². The molecule has 0 amide bonds. The van der Waals surface area contributed by atoms with Crippen LogP contribution in [0.1, 0.15) is 20.3 Å². The molecular formula is C14H20N2O2. The maximum Gasteiger partial charge on any atom is 0.231 e. The number of nitrogens with zero attached hydrogens (tertiary/aromatic N) is 1. The van der Waals surface area contributed by atoms with Gasteiger partial charge in [0.05, 0.1) is 0 Å². The molecule has 4 heteroatoms. The summed E-state index contributed by atoms with van der Waals surface area (Å²) < 4.78 is 10.8. The van der Waals surface area contributed by atoms with E-state index in [0.717, 1.165) is 24.5 Å². The summed E-state index contributed by atoms with van der Waals surface area (Å²) in [6, 6.07) is 6.68. The fraction of sp³-hybridized carbons (Fsp3) is 0.571. The molecule has 1 aromatic carbocycles. The lowest BCUT2D eigenvalue weighted by atomic mass is 10.0. The maximum atomic E-state index is 5.43. The second-order valence-electron chi connectivity index (χ2n) is 5.77. The number of rotatable bonds is 2. The van der Waals surface area contributed by atoms with Crippen molar-refractivity contribution in [1.82, 2.24) is 5.32 Å². The van der Waals surface area contributed by atoms with Crippen LogP contribution in [0.4, 0.5) is 5.69 Å². The van der Waals surface area contributed by atoms with Gasteiger partial charge in [-0.2, -0.15) is 0 Å². The SMILES string of the molecule is CN(c1ccc2c(c1)OCO2)C1CNC(C)(C)C1. The van der Waals surface area contributed by atoms with E-state index in [0.29, 0.717) is 12.8 Å². The van der Waals surface area contributed by atoms with Gasteiger partial charge in [0.2, 0.25) is 6.79 Å². The third-order valence-electron chi connectivity index (χ3n) is 3.87. The van der Waals surface area contributed by atoms with E-state index in [2.05, 4.69) is 43.2 Å². The predicted molar refractivity (Wildman–Crippen MR) is 71.5 cm³/mol. The Hall–Kier alpha value is -1.42. The molecule has 0 spiro atoms. The smallest absolute Gasteiger partial charge is 0.231 e. The second-order valence-corrected chi connectivity index (χ2v) is 5.77. The Labute approximate surface area is 108 Å². The minimum absolute atomic E-state index is 0.231. The number of hydrogen-bond donors (Lipinski definition) is 1. The Bertz CT molecular complexity index is 459. The Morgan fingerprint density at radius 1 is 1.28 bits per heavy atom. The van der Waals surface area contributed by atoms with Crippen molar-refractivity contribution in [2.75, 3.05) is 25.3 Å². The summed E-state index contributed by atoms with van der Waals surface area (Å²) in [5.41, 5.74) is 1.42. The van der Waals surface area contributed by atoms with Gasteiger partial charge in [-0.25, -0.2) is 0 Å². The normalized spacial score (nSPS) is 24.3. The van der Waals surface area contributed by atoms with Gasteiger partial charge in [-0.1, -0.05) is 0 Å². The number of anilines is 1. The molecule has 1 aromatic rings. The fourth-order valence-corrected chi connectivity index (χ4v) is 2.72. The van der Waals surface area contributed by atoms with Crippen LogP contribution in [0.3, 0.4) is 0 Å². The van der Waals surface area contributed by atoms with Crippen molar-refractivity contribution in [1.29, 1.82) is 0 Å². The number of benzene rings is 1. The third kappa shape index (κ3) is 2.01. The van der Waals surface area contributed by atoms with E-state index in [4.69, 9.17) is 9.47 Å². The molecule has 2 aliphatic rings. The van der Waals surface area contributed by atoms with Crippen LogP contribution in [0.5, 0.6) is 11.5 Å². The molecule has 4 nitrogen and oxygen atoms in total. The highest BCUT2D eigenvalue weighted by molar-refractivity contribution is 5.57. The molecule has 1 unspecified atom stereocenters. The molecule has 1 N–H and O–H groups in total. The van der Waals surface area contributed by atoms with Gasteiger partial charge in [-0.3, -0.25) is 0 Å². The summed E-state index contributed by atoms with van der Waals surface area (Å²) in [5.74, 6) is 1.70. The standard InChI is InChI=1S/C14H20N2O2/c1-14(2)7-11(8-15-14)16(3)10-4-5-12-13(6-10)18-9-17-12/h4-6,11,15H,7-9H2,1-3H3. The molecule has 0 bridgehead atoms. The van der Waals surface area contributed by atoms with Gasteiger partial charge in [0.1, 0.15) is 0 Å². The summed E-state index contributed by atoms with van der Waals surface area (Å²) in [4.78, 5) is 2.32. The monoisotopic (exact) mass is 248 g/mol. The van der Waals surface area contributed by atoms with Crippen molar-refractivity contribution < 1.29 is 9.47 Å². The van der Waals surface area contributed by atoms with Crippen molar-refractivity contribution in [3.63, 3.8) is 0 Å². The van der Waals surface area contributed by atoms with Crippen molar-refractivity contribution in [2.45, 2.75) is 31.8 Å². The summed E-state index contributed by atoms with van der Waals surface area (Å²) in [6.07, 6.45) is 1.15. The molecule has 2 aliphatic heterocycles. The molecule has 2 heterocycles. The number of hydrogen-bond acceptors (Lipinski definition) is 4. The Morgan fingerprint density at radius 2 is 2.06 bits per heavy atom. The van der Waals surface area contributed by atoms with Gasteiger partial charge in [0.15, 0.2) is 11.5 Å². The number of likely N-dealkylation sites (N-methyl/N-ethyl adjacent to an activating group) is 1. The largest absolute Gasteiger partial charge is 0.454 e. The molecule has 0 aliphatic carbocycles. The van der Waals surface area contributed by atoms with Crippen molar-refractivity contribution in [3.8, 4) is 11.5 Å². The minimum atomic E-state index is 0.231.